The number of ether oxygens (including phenoxy) is 2. The highest BCUT2D eigenvalue weighted by Gasteiger charge is 2.25. The minimum Gasteiger partial charge on any atom is -0.496 e. The van der Waals surface area contributed by atoms with Crippen LogP contribution in [0.15, 0.2) is 16.5 Å². The summed E-state index contributed by atoms with van der Waals surface area (Å²) in [6, 6.07) is 4.49. The summed E-state index contributed by atoms with van der Waals surface area (Å²) in [6.07, 6.45) is 3.70. The molecule has 0 radical (unpaired) electrons. The maximum Gasteiger partial charge on any atom is 0.226 e. The second-order valence-electron chi connectivity index (χ2n) is 7.16. The Hall–Kier alpha value is -1.85. The van der Waals surface area contributed by atoms with Crippen molar-refractivity contribution < 1.29 is 13.9 Å². The summed E-state index contributed by atoms with van der Waals surface area (Å²) < 4.78 is 16.9. The van der Waals surface area contributed by atoms with Crippen LogP contribution in [0, 0.1) is 20.8 Å². The van der Waals surface area contributed by atoms with Crippen LogP contribution in [0.3, 0.4) is 0 Å². The molecule has 1 aliphatic rings. The Labute approximate surface area is 156 Å². The van der Waals surface area contributed by atoms with Crippen molar-refractivity contribution >= 4 is 0 Å². The second-order valence-corrected chi connectivity index (χ2v) is 7.16. The van der Waals surface area contributed by atoms with Crippen LogP contribution in [-0.2, 0) is 11.3 Å². The van der Waals surface area contributed by atoms with Crippen LogP contribution in [0.1, 0.15) is 41.8 Å². The van der Waals surface area contributed by atoms with Gasteiger partial charge in [-0.3, -0.25) is 4.90 Å². The van der Waals surface area contributed by atoms with Gasteiger partial charge in [-0.05, 0) is 63.4 Å². The van der Waals surface area contributed by atoms with E-state index in [1.165, 1.54) is 19.3 Å². The number of nitrogens with zero attached hydrogens (tertiary/aromatic N) is 2. The SMILES string of the molecule is COCC1CCCCN1Cc1nc(-c2ccc(OC)c(C)c2C)oc1C. The van der Waals surface area contributed by atoms with Crippen molar-refractivity contribution in [1.82, 2.24) is 9.88 Å². The van der Waals surface area contributed by atoms with Gasteiger partial charge in [-0.2, -0.15) is 0 Å². The van der Waals surface area contributed by atoms with Crippen LogP contribution in [0.2, 0.25) is 0 Å². The third-order valence-corrected chi connectivity index (χ3v) is 5.54. The van der Waals surface area contributed by atoms with Crippen molar-refractivity contribution in [2.75, 3.05) is 27.4 Å². The van der Waals surface area contributed by atoms with E-state index in [1.807, 2.05) is 19.1 Å². The summed E-state index contributed by atoms with van der Waals surface area (Å²) in [5.74, 6) is 2.49. The Morgan fingerprint density at radius 3 is 2.69 bits per heavy atom. The molecular weight excluding hydrogens is 328 g/mol. The number of aromatic nitrogens is 1. The van der Waals surface area contributed by atoms with E-state index in [1.54, 1.807) is 14.2 Å². The molecule has 0 amide bonds. The Bertz CT molecular complexity index is 752. The average molecular weight is 358 g/mol. The highest BCUT2D eigenvalue weighted by molar-refractivity contribution is 5.63. The zero-order chi connectivity index (χ0) is 18.7. The molecular formula is C21H30N2O3. The minimum atomic E-state index is 0.471. The predicted molar refractivity (Wildman–Crippen MR) is 103 cm³/mol. The minimum absolute atomic E-state index is 0.471. The molecule has 5 nitrogen and oxygen atoms in total. The van der Waals surface area contributed by atoms with E-state index in [0.29, 0.717) is 11.9 Å². The third-order valence-electron chi connectivity index (χ3n) is 5.54. The van der Waals surface area contributed by atoms with Crippen molar-refractivity contribution in [1.29, 1.82) is 0 Å². The fourth-order valence-electron chi connectivity index (χ4n) is 3.78. The first-order chi connectivity index (χ1) is 12.5. The lowest BCUT2D eigenvalue weighted by molar-refractivity contribution is 0.0590. The van der Waals surface area contributed by atoms with Crippen LogP contribution in [0.25, 0.3) is 11.5 Å². The number of hydrogen-bond donors (Lipinski definition) is 0. The fourth-order valence-corrected chi connectivity index (χ4v) is 3.78. The van der Waals surface area contributed by atoms with Crippen molar-refractivity contribution in [3.05, 3.63) is 34.7 Å². The molecule has 26 heavy (non-hydrogen) atoms. The molecule has 1 unspecified atom stereocenters. The zero-order valence-electron chi connectivity index (χ0n) is 16.6. The molecule has 0 aliphatic carbocycles. The van der Waals surface area contributed by atoms with Crippen LogP contribution in [0.4, 0.5) is 0 Å². The highest BCUT2D eigenvalue weighted by atomic mass is 16.5. The van der Waals surface area contributed by atoms with Gasteiger partial charge in [0.2, 0.25) is 5.89 Å². The first-order valence-electron chi connectivity index (χ1n) is 9.39. The molecule has 2 heterocycles. The summed E-state index contributed by atoms with van der Waals surface area (Å²) in [6.45, 7) is 8.85. The predicted octanol–water partition coefficient (Wildman–Crippen LogP) is 4.28. The molecule has 1 atom stereocenters. The van der Waals surface area contributed by atoms with Gasteiger partial charge in [-0.15, -0.1) is 0 Å². The van der Waals surface area contributed by atoms with Gasteiger partial charge in [-0.25, -0.2) is 4.98 Å². The molecule has 0 bridgehead atoms. The molecule has 0 N–H and O–H groups in total. The van der Waals surface area contributed by atoms with Crippen molar-refractivity contribution in [2.24, 2.45) is 0 Å². The number of oxazole rings is 1. The molecule has 3 rings (SSSR count). The monoisotopic (exact) mass is 358 g/mol. The number of piperidine rings is 1. The van der Waals surface area contributed by atoms with Gasteiger partial charge in [0, 0.05) is 25.3 Å². The topological polar surface area (TPSA) is 47.7 Å². The van der Waals surface area contributed by atoms with Crippen LogP contribution in [-0.4, -0.2) is 43.3 Å². The molecule has 1 aromatic carbocycles. The summed E-state index contributed by atoms with van der Waals surface area (Å²) in [5, 5.41) is 0. The molecule has 2 aromatic rings. The zero-order valence-corrected chi connectivity index (χ0v) is 16.6. The smallest absolute Gasteiger partial charge is 0.226 e. The molecule has 1 aromatic heterocycles. The normalized spacial score (nSPS) is 18.3. The summed E-state index contributed by atoms with van der Waals surface area (Å²) in [5.41, 5.74) is 4.33. The van der Waals surface area contributed by atoms with Crippen LogP contribution < -0.4 is 4.74 Å². The molecule has 5 heteroatoms. The summed E-state index contributed by atoms with van der Waals surface area (Å²) >= 11 is 0. The lowest BCUT2D eigenvalue weighted by Gasteiger charge is -2.34. The van der Waals surface area contributed by atoms with E-state index in [2.05, 4.69) is 18.7 Å². The van der Waals surface area contributed by atoms with E-state index in [4.69, 9.17) is 18.9 Å². The van der Waals surface area contributed by atoms with Crippen molar-refractivity contribution in [3.63, 3.8) is 0 Å². The van der Waals surface area contributed by atoms with Gasteiger partial charge >= 0.3 is 0 Å². The van der Waals surface area contributed by atoms with Gasteiger partial charge in [0.05, 0.1) is 19.4 Å². The molecule has 0 spiro atoms. The third kappa shape index (κ3) is 3.79. The largest absolute Gasteiger partial charge is 0.496 e. The number of hydrogen-bond acceptors (Lipinski definition) is 5. The first kappa shape index (κ1) is 18.9. The van der Waals surface area contributed by atoms with Crippen LogP contribution >= 0.6 is 0 Å². The molecule has 1 saturated heterocycles. The summed E-state index contributed by atoms with van der Waals surface area (Å²) in [4.78, 5) is 7.32. The number of aryl methyl sites for hydroxylation is 1. The van der Waals surface area contributed by atoms with Gasteiger partial charge in [0.1, 0.15) is 11.5 Å². The maximum absolute atomic E-state index is 6.04. The molecule has 1 aliphatic heterocycles. The Balaban J connectivity index is 1.84. The standard InChI is InChI=1S/C21H30N2O3/c1-14-15(2)20(25-5)10-9-18(14)21-22-19(16(3)26-21)12-23-11-7-6-8-17(23)13-24-4/h9-10,17H,6-8,11-13H2,1-5H3. The van der Waals surface area contributed by atoms with Gasteiger partial charge in [-0.1, -0.05) is 6.42 Å². The summed E-state index contributed by atoms with van der Waals surface area (Å²) in [7, 11) is 3.48. The number of benzene rings is 1. The molecule has 142 valence electrons. The molecule has 1 fully saturated rings. The van der Waals surface area contributed by atoms with E-state index in [9.17, 15) is 0 Å². The van der Waals surface area contributed by atoms with E-state index >= 15 is 0 Å². The van der Waals surface area contributed by atoms with Gasteiger partial charge < -0.3 is 13.9 Å². The van der Waals surface area contributed by atoms with Gasteiger partial charge in [0.25, 0.3) is 0 Å². The number of likely N-dealkylation sites (tertiary alicyclic amines) is 1. The Kier molecular flexibility index (Phi) is 5.99. The van der Waals surface area contributed by atoms with Crippen LogP contribution in [0.5, 0.6) is 5.75 Å². The lowest BCUT2D eigenvalue weighted by atomic mass is 10.0. The number of methoxy groups -OCH3 is 2. The Morgan fingerprint density at radius 2 is 1.96 bits per heavy atom. The lowest BCUT2D eigenvalue weighted by Crippen LogP contribution is -2.41. The fraction of sp³-hybridized carbons (Fsp3) is 0.571. The van der Waals surface area contributed by atoms with Crippen molar-refractivity contribution in [3.8, 4) is 17.2 Å². The van der Waals surface area contributed by atoms with Gasteiger partial charge in [0.15, 0.2) is 0 Å². The van der Waals surface area contributed by atoms with E-state index in [0.717, 1.165) is 53.6 Å². The second kappa shape index (κ2) is 8.23. The molecule has 0 saturated carbocycles. The number of rotatable bonds is 6. The average Bonchev–Trinajstić information content (AvgIpc) is 2.99. The first-order valence-corrected chi connectivity index (χ1v) is 9.39. The van der Waals surface area contributed by atoms with Crippen molar-refractivity contribution in [2.45, 2.75) is 52.6 Å². The Morgan fingerprint density at radius 1 is 1.15 bits per heavy atom. The van der Waals surface area contributed by atoms with E-state index in [-0.39, 0.29) is 0 Å². The highest BCUT2D eigenvalue weighted by Crippen LogP contribution is 2.32. The quantitative estimate of drug-likeness (QED) is 0.771. The maximum atomic E-state index is 6.04. The van der Waals surface area contributed by atoms with E-state index < -0.39 is 0 Å².